The molecule has 6 rings (SSSR count). The van der Waals surface area contributed by atoms with E-state index in [1.54, 1.807) is 31.5 Å². The van der Waals surface area contributed by atoms with Gasteiger partial charge in [0.2, 0.25) is 0 Å². The lowest BCUT2D eigenvalue weighted by Gasteiger charge is -2.26. The normalized spacial score (nSPS) is 16.1. The second kappa shape index (κ2) is 11.8. The first kappa shape index (κ1) is 27.0. The first-order chi connectivity index (χ1) is 20.5. The van der Waals surface area contributed by atoms with Gasteiger partial charge in [-0.05, 0) is 97.1 Å². The fourth-order valence-electron chi connectivity index (χ4n) is 4.96. The molecule has 9 heteroatoms. The van der Waals surface area contributed by atoms with Crippen molar-refractivity contribution >= 4 is 29.0 Å². The smallest absolute Gasteiger partial charge is 0.337 e. The molecule has 0 radical (unpaired) electrons. The van der Waals surface area contributed by atoms with Crippen molar-refractivity contribution in [2.45, 2.75) is 12.1 Å². The van der Waals surface area contributed by atoms with Crippen molar-refractivity contribution < 1.29 is 23.4 Å². The summed E-state index contributed by atoms with van der Waals surface area (Å²) in [6.07, 6.45) is 1.76. The highest BCUT2D eigenvalue weighted by atomic mass is 32.1. The number of anilines is 1. The predicted molar refractivity (Wildman–Crippen MR) is 163 cm³/mol. The lowest BCUT2D eigenvalue weighted by molar-refractivity contribution is 0.0600. The summed E-state index contributed by atoms with van der Waals surface area (Å²) in [7, 11) is 2.99. The van der Waals surface area contributed by atoms with E-state index in [9.17, 15) is 4.79 Å². The minimum atomic E-state index is -0.408. The zero-order valence-corrected chi connectivity index (χ0v) is 23.7. The summed E-state index contributed by atoms with van der Waals surface area (Å²) in [6, 6.07) is 31.3. The van der Waals surface area contributed by atoms with Gasteiger partial charge in [-0.25, -0.2) is 4.79 Å². The molecule has 1 aliphatic heterocycles. The summed E-state index contributed by atoms with van der Waals surface area (Å²) >= 11 is 5.85. The molecule has 1 aliphatic rings. The second-order valence-corrected chi connectivity index (χ2v) is 9.93. The molecule has 3 heterocycles. The molecule has 1 fully saturated rings. The zero-order chi connectivity index (χ0) is 29.1. The Hall–Kier alpha value is -5.15. The van der Waals surface area contributed by atoms with Gasteiger partial charge in [0.25, 0.3) is 0 Å². The standard InChI is InChI=1S/C33H27N3O5S/c1-38-24-13-15-26(16-14-24)40-25-11-9-23(10-12-25)36-31(30(35-33(36)42)27-8-3-4-19-34-27)29-18-17-28(41-29)21-6-5-7-22(20-21)32(37)39-2/h3-20,30-31H,1-2H3,(H,35,42)/t30-,31+/m1/s1. The number of hydrogen-bond donors (Lipinski definition) is 1. The molecule has 3 aromatic carbocycles. The number of nitrogens with one attached hydrogen (secondary N) is 1. The van der Waals surface area contributed by atoms with Crippen LogP contribution in [0.3, 0.4) is 0 Å². The molecular weight excluding hydrogens is 550 g/mol. The molecule has 2 aromatic heterocycles. The topological polar surface area (TPSA) is 86.1 Å². The van der Waals surface area contributed by atoms with Crippen LogP contribution < -0.4 is 19.7 Å². The number of carbonyl (C=O) groups is 1. The Balaban J connectivity index is 1.33. The molecule has 0 amide bonds. The van der Waals surface area contributed by atoms with E-state index in [1.165, 1.54) is 7.11 Å². The average molecular weight is 578 g/mol. The molecule has 1 N–H and O–H groups in total. The van der Waals surface area contributed by atoms with Crippen molar-refractivity contribution in [2.24, 2.45) is 0 Å². The molecule has 210 valence electrons. The maximum Gasteiger partial charge on any atom is 0.337 e. The van der Waals surface area contributed by atoms with Crippen molar-refractivity contribution in [1.82, 2.24) is 10.3 Å². The number of nitrogens with zero attached hydrogens (tertiary/aromatic N) is 2. The van der Waals surface area contributed by atoms with Gasteiger partial charge in [0, 0.05) is 17.4 Å². The van der Waals surface area contributed by atoms with E-state index in [0.29, 0.717) is 33.7 Å². The van der Waals surface area contributed by atoms with Gasteiger partial charge in [-0.1, -0.05) is 18.2 Å². The van der Waals surface area contributed by atoms with Crippen LogP contribution in [-0.4, -0.2) is 30.3 Å². The Morgan fingerprint density at radius 1 is 0.881 bits per heavy atom. The summed E-state index contributed by atoms with van der Waals surface area (Å²) in [4.78, 5) is 18.7. The van der Waals surface area contributed by atoms with Crippen molar-refractivity contribution in [3.05, 3.63) is 126 Å². The maximum absolute atomic E-state index is 12.1. The number of esters is 1. The van der Waals surface area contributed by atoms with Gasteiger partial charge in [-0.15, -0.1) is 0 Å². The van der Waals surface area contributed by atoms with Crippen molar-refractivity contribution in [3.8, 4) is 28.6 Å². The number of carbonyl (C=O) groups excluding carboxylic acids is 1. The molecule has 8 nitrogen and oxygen atoms in total. The summed E-state index contributed by atoms with van der Waals surface area (Å²) in [5, 5.41) is 3.99. The third-order valence-corrected chi connectivity index (χ3v) is 7.31. The number of methoxy groups -OCH3 is 2. The van der Waals surface area contributed by atoms with Crippen LogP contribution in [0.2, 0.25) is 0 Å². The van der Waals surface area contributed by atoms with Gasteiger partial charge >= 0.3 is 5.97 Å². The first-order valence-corrected chi connectivity index (χ1v) is 13.7. The Morgan fingerprint density at radius 2 is 1.62 bits per heavy atom. The number of rotatable bonds is 8. The van der Waals surface area contributed by atoms with Crippen molar-refractivity contribution in [2.75, 3.05) is 19.1 Å². The lowest BCUT2D eigenvalue weighted by atomic mass is 10.0. The SMILES string of the molecule is COC(=O)c1cccc(-c2ccc([C@H]3[C@@H](c4ccccn4)NC(=S)N3c3ccc(Oc4ccc(OC)cc4)cc3)o2)c1. The molecule has 0 unspecified atom stereocenters. The average Bonchev–Trinajstić information content (AvgIpc) is 3.67. The summed E-state index contributed by atoms with van der Waals surface area (Å²) in [5.41, 5.74) is 2.90. The highest BCUT2D eigenvalue weighted by molar-refractivity contribution is 7.80. The molecule has 0 saturated carbocycles. The quantitative estimate of drug-likeness (QED) is 0.153. The fraction of sp³-hybridized carbons (Fsp3) is 0.121. The largest absolute Gasteiger partial charge is 0.497 e. The predicted octanol–water partition coefficient (Wildman–Crippen LogP) is 7.11. The van der Waals surface area contributed by atoms with E-state index < -0.39 is 5.97 Å². The van der Waals surface area contributed by atoms with Gasteiger partial charge in [-0.3, -0.25) is 4.98 Å². The molecule has 42 heavy (non-hydrogen) atoms. The lowest BCUT2D eigenvalue weighted by Crippen LogP contribution is -2.29. The van der Waals surface area contributed by atoms with Gasteiger partial charge in [-0.2, -0.15) is 0 Å². The van der Waals surface area contributed by atoms with Crippen molar-refractivity contribution in [1.29, 1.82) is 0 Å². The van der Waals surface area contributed by atoms with E-state index in [1.807, 2.05) is 89.8 Å². The van der Waals surface area contributed by atoms with Crippen LogP contribution in [0.15, 0.2) is 114 Å². The molecule has 5 aromatic rings. The monoisotopic (exact) mass is 577 g/mol. The minimum Gasteiger partial charge on any atom is -0.497 e. The van der Waals surface area contributed by atoms with Crippen LogP contribution in [0.5, 0.6) is 17.2 Å². The van der Waals surface area contributed by atoms with Crippen LogP contribution in [0.4, 0.5) is 5.69 Å². The van der Waals surface area contributed by atoms with Gasteiger partial charge < -0.3 is 28.8 Å². The van der Waals surface area contributed by atoms with Gasteiger partial charge in [0.1, 0.15) is 34.8 Å². The summed E-state index contributed by atoms with van der Waals surface area (Å²) < 4.78 is 22.6. The molecule has 1 saturated heterocycles. The second-order valence-electron chi connectivity index (χ2n) is 9.54. The first-order valence-electron chi connectivity index (χ1n) is 13.2. The van der Waals surface area contributed by atoms with Crippen LogP contribution in [-0.2, 0) is 4.74 Å². The maximum atomic E-state index is 12.1. The highest BCUT2D eigenvalue weighted by Crippen LogP contribution is 2.43. The molecule has 2 atom stereocenters. The number of ether oxygens (including phenoxy) is 3. The Labute approximate surface area is 248 Å². The number of hydrogen-bond acceptors (Lipinski definition) is 7. The Bertz CT molecular complexity index is 1700. The van der Waals surface area contributed by atoms with Gasteiger partial charge in [0.15, 0.2) is 5.11 Å². The number of furan rings is 1. The number of pyridine rings is 1. The molecule has 0 spiro atoms. The summed E-state index contributed by atoms with van der Waals surface area (Å²) in [5.74, 6) is 3.06. The summed E-state index contributed by atoms with van der Waals surface area (Å²) in [6.45, 7) is 0. The third-order valence-electron chi connectivity index (χ3n) is 6.99. The van der Waals surface area contributed by atoms with E-state index in [0.717, 1.165) is 22.7 Å². The molecular formula is C33H27N3O5S. The number of thiocarbonyl (C=S) groups is 1. The third kappa shape index (κ3) is 5.42. The van der Waals surface area contributed by atoms with Crippen molar-refractivity contribution in [3.63, 3.8) is 0 Å². The number of aromatic nitrogens is 1. The highest BCUT2D eigenvalue weighted by Gasteiger charge is 2.42. The Morgan fingerprint density at radius 3 is 2.31 bits per heavy atom. The molecule has 0 bridgehead atoms. The van der Waals surface area contributed by atoms with Crippen LogP contribution >= 0.6 is 12.2 Å². The van der Waals surface area contributed by atoms with Crippen LogP contribution in [0, 0.1) is 0 Å². The van der Waals surface area contributed by atoms with E-state index in [4.69, 9.17) is 30.8 Å². The van der Waals surface area contributed by atoms with E-state index >= 15 is 0 Å². The van der Waals surface area contributed by atoms with Crippen LogP contribution in [0.25, 0.3) is 11.3 Å². The Kier molecular flexibility index (Phi) is 7.57. The number of benzene rings is 3. The van der Waals surface area contributed by atoms with Gasteiger partial charge in [0.05, 0.1) is 31.5 Å². The fourth-order valence-corrected chi connectivity index (χ4v) is 5.31. The zero-order valence-electron chi connectivity index (χ0n) is 22.9. The van der Waals surface area contributed by atoms with Crippen LogP contribution in [0.1, 0.15) is 33.9 Å². The van der Waals surface area contributed by atoms with E-state index in [2.05, 4.69) is 10.3 Å². The minimum absolute atomic E-state index is 0.269. The van der Waals surface area contributed by atoms with E-state index in [-0.39, 0.29) is 12.1 Å². The molecule has 0 aliphatic carbocycles.